The summed E-state index contributed by atoms with van der Waals surface area (Å²) < 4.78 is 86.3. The van der Waals surface area contributed by atoms with Crippen LogP contribution in [0.25, 0.3) is 0 Å². The van der Waals surface area contributed by atoms with Gasteiger partial charge in [0.1, 0.15) is 5.75 Å². The monoisotopic (exact) mass is 436 g/mol. The van der Waals surface area contributed by atoms with E-state index in [-0.39, 0.29) is 5.56 Å². The van der Waals surface area contributed by atoms with E-state index in [0.29, 0.717) is 7.11 Å². The third-order valence-electron chi connectivity index (χ3n) is 3.67. The van der Waals surface area contributed by atoms with Crippen LogP contribution in [-0.4, -0.2) is 37.2 Å². The van der Waals surface area contributed by atoms with Gasteiger partial charge < -0.3 is 20.1 Å². The van der Waals surface area contributed by atoms with Gasteiger partial charge in [-0.25, -0.2) is 4.79 Å². The number of carbonyl (C=O) groups is 2. The van der Waals surface area contributed by atoms with E-state index in [1.54, 1.807) is 10.6 Å². The van der Waals surface area contributed by atoms with Crippen LogP contribution in [0, 0.1) is 0 Å². The predicted octanol–water partition coefficient (Wildman–Crippen LogP) is 3.86. The molecule has 0 fully saturated rings. The van der Waals surface area contributed by atoms with Crippen LogP contribution in [0.1, 0.15) is 10.4 Å². The van der Waals surface area contributed by atoms with Gasteiger partial charge in [-0.3, -0.25) is 4.79 Å². The van der Waals surface area contributed by atoms with Crippen LogP contribution >= 0.6 is 0 Å². The molecule has 1 amide bonds. The lowest BCUT2D eigenvalue weighted by Crippen LogP contribution is -2.69. The number of methoxy groups -OCH3 is 1. The van der Waals surface area contributed by atoms with Gasteiger partial charge in [0.15, 0.2) is 0 Å². The fraction of sp³-hybridized carbons (Fsp3) is 0.222. The summed E-state index contributed by atoms with van der Waals surface area (Å²) in [5, 5.41) is 3.38. The zero-order valence-corrected chi connectivity index (χ0v) is 15.1. The average Bonchev–Trinajstić information content (AvgIpc) is 2.66. The van der Waals surface area contributed by atoms with Crippen LogP contribution in [0.3, 0.4) is 0 Å². The van der Waals surface area contributed by atoms with Crippen molar-refractivity contribution in [3.63, 3.8) is 0 Å². The Morgan fingerprint density at radius 3 is 1.90 bits per heavy atom. The molecule has 30 heavy (non-hydrogen) atoms. The number of carbonyl (C=O) groups excluding carboxylic acids is 2. The standard InChI is InChI=1S/C18H14F6N2O4/c1-29-15(28)16(17(19,20)21,26-14(27)11-5-3-2-4-6-11)25-12-7-9-13(10-8-12)30-18(22,23)24/h2-10,25H,1H3,(H,26,27)/t16-/m1/s1. The van der Waals surface area contributed by atoms with E-state index in [4.69, 9.17) is 0 Å². The van der Waals surface area contributed by atoms with Crippen molar-refractivity contribution in [2.75, 3.05) is 12.4 Å². The lowest BCUT2D eigenvalue weighted by Gasteiger charge is -2.35. The first-order valence-electron chi connectivity index (χ1n) is 8.04. The number of halogens is 6. The topological polar surface area (TPSA) is 76.7 Å². The fourth-order valence-corrected chi connectivity index (χ4v) is 2.33. The molecular formula is C18H14F6N2O4. The summed E-state index contributed by atoms with van der Waals surface area (Å²) in [4.78, 5) is 24.4. The Labute approximate surface area is 165 Å². The number of hydrogen-bond acceptors (Lipinski definition) is 5. The predicted molar refractivity (Wildman–Crippen MR) is 91.5 cm³/mol. The number of amides is 1. The van der Waals surface area contributed by atoms with E-state index >= 15 is 0 Å². The molecule has 0 unspecified atom stereocenters. The van der Waals surface area contributed by atoms with Crippen molar-refractivity contribution < 1.29 is 45.4 Å². The Kier molecular flexibility index (Phi) is 6.48. The summed E-state index contributed by atoms with van der Waals surface area (Å²) in [7, 11) is 0.680. The first-order valence-corrected chi connectivity index (χ1v) is 8.04. The Balaban J connectivity index is 2.40. The lowest BCUT2D eigenvalue weighted by molar-refractivity contribution is -0.274. The SMILES string of the molecule is COC(=O)[C@](NC(=O)c1ccccc1)(Nc1ccc(OC(F)(F)F)cc1)C(F)(F)F. The van der Waals surface area contributed by atoms with Gasteiger partial charge in [-0.15, -0.1) is 13.2 Å². The summed E-state index contributed by atoms with van der Waals surface area (Å²) in [6.07, 6.45) is -10.4. The largest absolute Gasteiger partial charge is 0.573 e. The van der Waals surface area contributed by atoms with E-state index < -0.39 is 41.5 Å². The van der Waals surface area contributed by atoms with E-state index in [2.05, 4.69) is 9.47 Å². The van der Waals surface area contributed by atoms with Crippen molar-refractivity contribution in [2.24, 2.45) is 0 Å². The van der Waals surface area contributed by atoms with Crippen LogP contribution in [0.5, 0.6) is 5.75 Å². The number of ether oxygens (including phenoxy) is 2. The number of hydrogen-bond donors (Lipinski definition) is 2. The maximum absolute atomic E-state index is 13.9. The molecule has 2 aromatic carbocycles. The fourth-order valence-electron chi connectivity index (χ4n) is 2.33. The van der Waals surface area contributed by atoms with Crippen molar-refractivity contribution in [1.82, 2.24) is 5.32 Å². The number of alkyl halides is 6. The molecule has 0 aromatic heterocycles. The van der Waals surface area contributed by atoms with Crippen LogP contribution < -0.4 is 15.4 Å². The second-order valence-corrected chi connectivity index (χ2v) is 5.76. The zero-order valence-electron chi connectivity index (χ0n) is 15.1. The highest BCUT2D eigenvalue weighted by Crippen LogP contribution is 2.34. The molecule has 162 valence electrons. The van der Waals surface area contributed by atoms with Gasteiger partial charge in [0.25, 0.3) is 5.91 Å². The van der Waals surface area contributed by atoms with E-state index in [9.17, 15) is 35.9 Å². The smallest absolute Gasteiger partial charge is 0.466 e. The average molecular weight is 436 g/mol. The molecule has 12 heteroatoms. The molecular weight excluding hydrogens is 422 g/mol. The molecule has 0 aliphatic heterocycles. The summed E-state index contributed by atoms with van der Waals surface area (Å²) >= 11 is 0. The first kappa shape index (κ1) is 22.8. The number of nitrogens with one attached hydrogen (secondary N) is 2. The molecule has 6 nitrogen and oxygen atoms in total. The number of esters is 1. The maximum atomic E-state index is 13.9. The van der Waals surface area contributed by atoms with Crippen molar-refractivity contribution in [3.8, 4) is 5.75 Å². The maximum Gasteiger partial charge on any atom is 0.573 e. The van der Waals surface area contributed by atoms with E-state index in [1.165, 1.54) is 30.3 Å². The van der Waals surface area contributed by atoms with Gasteiger partial charge in [0, 0.05) is 11.3 Å². The Morgan fingerprint density at radius 2 is 1.43 bits per heavy atom. The second-order valence-electron chi connectivity index (χ2n) is 5.76. The van der Waals surface area contributed by atoms with E-state index in [1.807, 2.05) is 0 Å². The third-order valence-corrected chi connectivity index (χ3v) is 3.67. The molecule has 2 rings (SSSR count). The first-order chi connectivity index (χ1) is 13.9. The Hall–Kier alpha value is -3.44. The molecule has 2 N–H and O–H groups in total. The van der Waals surface area contributed by atoms with Gasteiger partial charge in [-0.05, 0) is 36.4 Å². The molecule has 0 spiro atoms. The third kappa shape index (κ3) is 5.33. The highest BCUT2D eigenvalue weighted by molar-refractivity contribution is 5.99. The lowest BCUT2D eigenvalue weighted by atomic mass is 10.1. The number of rotatable bonds is 6. The Bertz CT molecular complexity index is 884. The normalized spacial score (nSPS) is 13.7. The van der Waals surface area contributed by atoms with Crippen LogP contribution in [0.15, 0.2) is 54.6 Å². The number of benzene rings is 2. The zero-order chi connectivity index (χ0) is 22.6. The van der Waals surface area contributed by atoms with Crippen molar-refractivity contribution in [2.45, 2.75) is 18.2 Å². The van der Waals surface area contributed by atoms with E-state index in [0.717, 1.165) is 24.3 Å². The highest BCUT2D eigenvalue weighted by atomic mass is 19.4. The summed E-state index contributed by atoms with van der Waals surface area (Å²) in [5.74, 6) is -3.84. The summed E-state index contributed by atoms with van der Waals surface area (Å²) in [5.41, 5.74) is -4.34. The molecule has 0 aliphatic rings. The molecule has 0 heterocycles. The quantitative estimate of drug-likeness (QED) is 0.409. The van der Waals surface area contributed by atoms with Crippen LogP contribution in [-0.2, 0) is 9.53 Å². The molecule has 0 radical (unpaired) electrons. The van der Waals surface area contributed by atoms with Crippen molar-refractivity contribution in [1.29, 1.82) is 0 Å². The highest BCUT2D eigenvalue weighted by Gasteiger charge is 2.63. The molecule has 0 bridgehead atoms. The van der Waals surface area contributed by atoms with Gasteiger partial charge in [0.05, 0.1) is 7.11 Å². The van der Waals surface area contributed by atoms with Crippen molar-refractivity contribution >= 4 is 17.6 Å². The number of anilines is 1. The summed E-state index contributed by atoms with van der Waals surface area (Å²) in [6, 6.07) is 9.83. The van der Waals surface area contributed by atoms with Gasteiger partial charge in [-0.2, -0.15) is 13.2 Å². The molecule has 2 aromatic rings. The van der Waals surface area contributed by atoms with Crippen molar-refractivity contribution in [3.05, 3.63) is 60.2 Å². The minimum atomic E-state index is -5.40. The van der Waals surface area contributed by atoms with Crippen LogP contribution in [0.2, 0.25) is 0 Å². The van der Waals surface area contributed by atoms with Gasteiger partial charge >= 0.3 is 24.2 Å². The Morgan fingerprint density at radius 1 is 0.867 bits per heavy atom. The molecule has 1 atom stereocenters. The van der Waals surface area contributed by atoms with Gasteiger partial charge in [0.2, 0.25) is 0 Å². The second kappa shape index (κ2) is 8.51. The molecule has 0 saturated heterocycles. The molecule has 0 aliphatic carbocycles. The molecule has 0 saturated carbocycles. The van der Waals surface area contributed by atoms with Gasteiger partial charge in [-0.1, -0.05) is 18.2 Å². The minimum absolute atomic E-state index is 0.175. The minimum Gasteiger partial charge on any atom is -0.466 e. The van der Waals surface area contributed by atoms with Crippen LogP contribution in [0.4, 0.5) is 32.0 Å². The summed E-state index contributed by atoms with van der Waals surface area (Å²) in [6.45, 7) is 0.